The van der Waals surface area contributed by atoms with Gasteiger partial charge in [-0.15, -0.1) is 0 Å². The summed E-state index contributed by atoms with van der Waals surface area (Å²) < 4.78 is 5.30. The van der Waals surface area contributed by atoms with E-state index in [1.54, 1.807) is 31.3 Å². The van der Waals surface area contributed by atoms with Crippen LogP contribution in [-0.2, 0) is 11.3 Å². The number of carbonyl (C=O) groups excluding carboxylic acids is 2. The fourth-order valence-corrected chi connectivity index (χ4v) is 1.98. The van der Waals surface area contributed by atoms with Gasteiger partial charge in [0.15, 0.2) is 0 Å². The lowest BCUT2D eigenvalue weighted by Crippen LogP contribution is -2.27. The van der Waals surface area contributed by atoms with E-state index in [-0.39, 0.29) is 6.61 Å². The lowest BCUT2D eigenvalue weighted by molar-refractivity contribution is 0.1000. The van der Waals surface area contributed by atoms with Crippen LogP contribution in [-0.4, -0.2) is 19.0 Å². The summed E-state index contributed by atoms with van der Waals surface area (Å²) in [6.45, 7) is 2.16. The molecule has 0 aliphatic heterocycles. The second kappa shape index (κ2) is 6.76. The smallest absolute Gasteiger partial charge is 0.414 e. The van der Waals surface area contributed by atoms with Gasteiger partial charge in [-0.3, -0.25) is 9.69 Å². The second-order valence-electron chi connectivity index (χ2n) is 4.95. The van der Waals surface area contributed by atoms with Gasteiger partial charge in [-0.1, -0.05) is 30.3 Å². The summed E-state index contributed by atoms with van der Waals surface area (Å²) in [6, 6.07) is 14.2. The molecule has 2 rings (SSSR count). The Morgan fingerprint density at radius 3 is 2.55 bits per heavy atom. The van der Waals surface area contributed by atoms with Crippen LogP contribution in [0, 0.1) is 6.92 Å². The maximum absolute atomic E-state index is 12.1. The highest BCUT2D eigenvalue weighted by atomic mass is 16.6. The van der Waals surface area contributed by atoms with Crippen molar-refractivity contribution in [2.45, 2.75) is 13.5 Å². The maximum Gasteiger partial charge on any atom is 0.414 e. The van der Waals surface area contributed by atoms with Gasteiger partial charge < -0.3 is 10.5 Å². The molecule has 0 fully saturated rings. The summed E-state index contributed by atoms with van der Waals surface area (Å²) in [5.74, 6) is -0.538. The van der Waals surface area contributed by atoms with E-state index in [4.69, 9.17) is 10.5 Å². The topological polar surface area (TPSA) is 72.6 Å². The fourth-order valence-electron chi connectivity index (χ4n) is 1.98. The highest BCUT2D eigenvalue weighted by Gasteiger charge is 2.14. The van der Waals surface area contributed by atoms with Crippen molar-refractivity contribution >= 4 is 17.7 Å². The van der Waals surface area contributed by atoms with Crippen molar-refractivity contribution in [3.05, 3.63) is 65.2 Å². The number of anilines is 1. The highest BCUT2D eigenvalue weighted by molar-refractivity contribution is 5.95. The van der Waals surface area contributed by atoms with Gasteiger partial charge in [0.05, 0.1) is 0 Å². The number of ether oxygens (including phenoxy) is 1. The van der Waals surface area contributed by atoms with Crippen LogP contribution in [0.15, 0.2) is 48.5 Å². The number of amides is 2. The first kappa shape index (κ1) is 15.6. The van der Waals surface area contributed by atoms with E-state index in [9.17, 15) is 9.59 Å². The molecule has 0 aliphatic rings. The van der Waals surface area contributed by atoms with Crippen LogP contribution in [0.2, 0.25) is 0 Å². The largest absolute Gasteiger partial charge is 0.444 e. The number of nitrogens with zero attached hydrogens (tertiary/aromatic N) is 1. The van der Waals surface area contributed by atoms with E-state index in [1.807, 2.05) is 31.2 Å². The SMILES string of the molecule is Cc1ccccc1COC(=O)N(C)c1cccc(C(N)=O)c1. The molecule has 22 heavy (non-hydrogen) atoms. The van der Waals surface area contributed by atoms with E-state index in [0.29, 0.717) is 11.3 Å². The summed E-state index contributed by atoms with van der Waals surface area (Å²) in [7, 11) is 1.58. The maximum atomic E-state index is 12.1. The zero-order chi connectivity index (χ0) is 16.1. The molecule has 0 aromatic heterocycles. The van der Waals surface area contributed by atoms with E-state index >= 15 is 0 Å². The monoisotopic (exact) mass is 298 g/mol. The molecule has 0 bridgehead atoms. The van der Waals surface area contributed by atoms with Crippen molar-refractivity contribution < 1.29 is 14.3 Å². The Morgan fingerprint density at radius 1 is 1.14 bits per heavy atom. The Balaban J connectivity index is 2.05. The average molecular weight is 298 g/mol. The number of benzene rings is 2. The molecule has 0 heterocycles. The third-order valence-electron chi connectivity index (χ3n) is 3.40. The molecule has 0 saturated heterocycles. The number of hydrogen-bond acceptors (Lipinski definition) is 3. The molecule has 0 aliphatic carbocycles. The average Bonchev–Trinajstić information content (AvgIpc) is 2.53. The van der Waals surface area contributed by atoms with Gasteiger partial charge in [-0.2, -0.15) is 0 Å². The van der Waals surface area contributed by atoms with Crippen LogP contribution in [0.3, 0.4) is 0 Å². The molecule has 0 atom stereocenters. The highest BCUT2D eigenvalue weighted by Crippen LogP contribution is 2.16. The molecule has 2 N–H and O–H groups in total. The molecular weight excluding hydrogens is 280 g/mol. The van der Waals surface area contributed by atoms with Crippen LogP contribution < -0.4 is 10.6 Å². The minimum absolute atomic E-state index is 0.200. The molecule has 114 valence electrons. The molecule has 0 unspecified atom stereocenters. The fraction of sp³-hybridized carbons (Fsp3) is 0.176. The van der Waals surface area contributed by atoms with Gasteiger partial charge in [0.2, 0.25) is 5.91 Å². The molecule has 2 amide bonds. The van der Waals surface area contributed by atoms with Gasteiger partial charge in [0.1, 0.15) is 6.61 Å². The number of primary amides is 1. The molecule has 2 aromatic carbocycles. The molecule has 5 heteroatoms. The zero-order valence-electron chi connectivity index (χ0n) is 12.6. The molecule has 0 saturated carbocycles. The van der Waals surface area contributed by atoms with Crippen molar-refractivity contribution in [1.29, 1.82) is 0 Å². The van der Waals surface area contributed by atoms with E-state index in [1.165, 1.54) is 4.90 Å². The molecule has 0 spiro atoms. The normalized spacial score (nSPS) is 10.1. The number of nitrogens with two attached hydrogens (primary N) is 1. The third kappa shape index (κ3) is 3.63. The lowest BCUT2D eigenvalue weighted by atomic mass is 10.1. The first-order valence-electron chi connectivity index (χ1n) is 6.84. The minimum atomic E-state index is -0.538. The van der Waals surface area contributed by atoms with Crippen molar-refractivity contribution in [2.75, 3.05) is 11.9 Å². The zero-order valence-corrected chi connectivity index (χ0v) is 12.6. The summed E-state index contributed by atoms with van der Waals surface area (Å²) in [4.78, 5) is 24.6. The summed E-state index contributed by atoms with van der Waals surface area (Å²) >= 11 is 0. The Morgan fingerprint density at radius 2 is 1.86 bits per heavy atom. The predicted molar refractivity (Wildman–Crippen MR) is 84.7 cm³/mol. The number of rotatable bonds is 4. The van der Waals surface area contributed by atoms with Crippen LogP contribution in [0.4, 0.5) is 10.5 Å². The van der Waals surface area contributed by atoms with Crippen LogP contribution in [0.5, 0.6) is 0 Å². The Hall–Kier alpha value is -2.82. The lowest BCUT2D eigenvalue weighted by Gasteiger charge is -2.18. The summed E-state index contributed by atoms with van der Waals surface area (Å²) in [5.41, 5.74) is 8.14. The van der Waals surface area contributed by atoms with Crippen molar-refractivity contribution in [3.63, 3.8) is 0 Å². The summed E-state index contributed by atoms with van der Waals surface area (Å²) in [5, 5.41) is 0. The number of carbonyl (C=O) groups is 2. The van der Waals surface area contributed by atoms with Crippen molar-refractivity contribution in [2.24, 2.45) is 5.73 Å². The van der Waals surface area contributed by atoms with Gasteiger partial charge in [0, 0.05) is 18.3 Å². The van der Waals surface area contributed by atoms with Gasteiger partial charge >= 0.3 is 6.09 Å². The minimum Gasteiger partial charge on any atom is -0.444 e. The number of aryl methyl sites for hydroxylation is 1. The molecular formula is C17H18N2O3. The third-order valence-corrected chi connectivity index (χ3v) is 3.40. The van der Waals surface area contributed by atoms with Gasteiger partial charge in [-0.25, -0.2) is 4.79 Å². The van der Waals surface area contributed by atoms with Crippen LogP contribution >= 0.6 is 0 Å². The van der Waals surface area contributed by atoms with E-state index in [2.05, 4.69) is 0 Å². The predicted octanol–water partition coefficient (Wildman–Crippen LogP) is 2.87. The molecule has 0 radical (unpaired) electrons. The first-order valence-corrected chi connectivity index (χ1v) is 6.84. The molecule has 5 nitrogen and oxygen atoms in total. The van der Waals surface area contributed by atoms with Gasteiger partial charge in [-0.05, 0) is 36.2 Å². The second-order valence-corrected chi connectivity index (χ2v) is 4.95. The Labute approximate surface area is 129 Å². The van der Waals surface area contributed by atoms with Crippen molar-refractivity contribution in [1.82, 2.24) is 0 Å². The van der Waals surface area contributed by atoms with E-state index < -0.39 is 12.0 Å². The quantitative estimate of drug-likeness (QED) is 0.943. The molecule has 2 aromatic rings. The van der Waals surface area contributed by atoms with Crippen LogP contribution in [0.25, 0.3) is 0 Å². The number of hydrogen-bond donors (Lipinski definition) is 1. The van der Waals surface area contributed by atoms with Gasteiger partial charge in [0.25, 0.3) is 0 Å². The standard InChI is InChI=1S/C17H18N2O3/c1-12-6-3-4-7-14(12)11-22-17(21)19(2)15-9-5-8-13(10-15)16(18)20/h3-10H,11H2,1-2H3,(H2,18,20). The van der Waals surface area contributed by atoms with Crippen molar-refractivity contribution in [3.8, 4) is 0 Å². The summed E-state index contributed by atoms with van der Waals surface area (Å²) in [6.07, 6.45) is -0.495. The van der Waals surface area contributed by atoms with E-state index in [0.717, 1.165) is 11.1 Å². The Kier molecular flexibility index (Phi) is 4.78. The first-order chi connectivity index (χ1) is 10.5. The van der Waals surface area contributed by atoms with Crippen LogP contribution in [0.1, 0.15) is 21.5 Å². The Bertz CT molecular complexity index is 698.